The molecule has 0 saturated heterocycles. The second-order valence-electron chi connectivity index (χ2n) is 6.32. The van der Waals surface area contributed by atoms with Crippen molar-refractivity contribution in [1.82, 2.24) is 0 Å². The quantitative estimate of drug-likeness (QED) is 0.631. The van der Waals surface area contributed by atoms with Gasteiger partial charge in [-0.15, -0.1) is 11.8 Å². The minimum atomic E-state index is -0.0457. The smallest absolute Gasteiger partial charge is 0.234 e. The summed E-state index contributed by atoms with van der Waals surface area (Å²) in [6.45, 7) is 6.14. The van der Waals surface area contributed by atoms with Crippen LogP contribution in [-0.2, 0) is 9.59 Å². The van der Waals surface area contributed by atoms with E-state index < -0.39 is 0 Å². The van der Waals surface area contributed by atoms with Crippen molar-refractivity contribution in [2.45, 2.75) is 44.9 Å². The normalized spacial score (nSPS) is 10.4. The number of thioether (sulfide) groups is 1. The maximum atomic E-state index is 12.2. The second-order valence-corrected chi connectivity index (χ2v) is 7.36. The topological polar surface area (TPSA) is 58.2 Å². The molecule has 2 aromatic rings. The Balaban J connectivity index is 1.86. The molecule has 26 heavy (non-hydrogen) atoms. The zero-order valence-electron chi connectivity index (χ0n) is 15.6. The van der Waals surface area contributed by atoms with Gasteiger partial charge in [0, 0.05) is 22.7 Å². The first-order chi connectivity index (χ1) is 12.5. The Morgan fingerprint density at radius 2 is 1.65 bits per heavy atom. The second kappa shape index (κ2) is 10.0. The van der Waals surface area contributed by atoms with Crippen molar-refractivity contribution in [3.05, 3.63) is 53.6 Å². The number of unbranched alkanes of at least 4 members (excludes halogenated alkanes) is 1. The minimum Gasteiger partial charge on any atom is -0.326 e. The summed E-state index contributed by atoms with van der Waals surface area (Å²) in [6.07, 6.45) is 2.42. The van der Waals surface area contributed by atoms with Gasteiger partial charge in [-0.25, -0.2) is 0 Å². The van der Waals surface area contributed by atoms with Crippen molar-refractivity contribution in [1.29, 1.82) is 0 Å². The molecular formula is C21H26N2O2S. The molecule has 0 unspecified atom stereocenters. The number of benzene rings is 2. The number of hydrogen-bond donors (Lipinski definition) is 2. The van der Waals surface area contributed by atoms with Crippen LogP contribution in [0.2, 0.25) is 0 Å². The number of hydrogen-bond acceptors (Lipinski definition) is 3. The summed E-state index contributed by atoms with van der Waals surface area (Å²) in [5.74, 6) is 0.303. The summed E-state index contributed by atoms with van der Waals surface area (Å²) in [6, 6.07) is 13.5. The van der Waals surface area contributed by atoms with Crippen LogP contribution in [-0.4, -0.2) is 17.6 Å². The van der Waals surface area contributed by atoms with Crippen molar-refractivity contribution in [3.63, 3.8) is 0 Å². The summed E-state index contributed by atoms with van der Waals surface area (Å²) in [7, 11) is 0. The molecule has 0 saturated carbocycles. The fraction of sp³-hybridized carbons (Fsp3) is 0.333. The highest BCUT2D eigenvalue weighted by Gasteiger charge is 2.06. The van der Waals surface area contributed by atoms with E-state index in [9.17, 15) is 9.59 Å². The minimum absolute atomic E-state index is 0.0292. The van der Waals surface area contributed by atoms with Gasteiger partial charge in [0.2, 0.25) is 11.8 Å². The van der Waals surface area contributed by atoms with Gasteiger partial charge in [0.05, 0.1) is 5.75 Å². The molecular weight excluding hydrogens is 344 g/mol. The number of rotatable bonds is 8. The van der Waals surface area contributed by atoms with Crippen molar-refractivity contribution in [3.8, 4) is 0 Å². The number of aryl methyl sites for hydroxylation is 2. The highest BCUT2D eigenvalue weighted by molar-refractivity contribution is 8.00. The Morgan fingerprint density at radius 3 is 2.38 bits per heavy atom. The lowest BCUT2D eigenvalue weighted by molar-refractivity contribution is -0.116. The Bertz CT molecular complexity index is 774. The van der Waals surface area contributed by atoms with Crippen LogP contribution in [0, 0.1) is 13.8 Å². The number of carbonyl (C=O) groups excluding carboxylic acids is 2. The molecule has 0 heterocycles. The standard InChI is InChI=1S/C21H26N2O2S/c1-4-5-9-20(24)22-17-7-6-8-19(13-17)26-14-21(25)23-18-11-10-15(2)16(3)12-18/h6-8,10-13H,4-5,9,14H2,1-3H3,(H,22,24)(H,23,25). The lowest BCUT2D eigenvalue weighted by Gasteiger charge is -2.09. The molecule has 138 valence electrons. The summed E-state index contributed by atoms with van der Waals surface area (Å²) >= 11 is 1.45. The average molecular weight is 371 g/mol. The van der Waals surface area contributed by atoms with Crippen LogP contribution in [0.1, 0.15) is 37.3 Å². The first-order valence-corrected chi connectivity index (χ1v) is 9.86. The molecule has 0 spiro atoms. The molecule has 0 aromatic heterocycles. The molecule has 0 fully saturated rings. The van der Waals surface area contributed by atoms with Crippen LogP contribution in [0.15, 0.2) is 47.4 Å². The van der Waals surface area contributed by atoms with E-state index in [4.69, 9.17) is 0 Å². The number of anilines is 2. The number of carbonyl (C=O) groups is 2. The van der Waals surface area contributed by atoms with Crippen LogP contribution in [0.4, 0.5) is 11.4 Å². The van der Waals surface area contributed by atoms with Gasteiger partial charge in [-0.05, 0) is 61.7 Å². The summed E-state index contributed by atoms with van der Waals surface area (Å²) < 4.78 is 0. The summed E-state index contributed by atoms with van der Waals surface area (Å²) in [5.41, 5.74) is 3.94. The fourth-order valence-corrected chi connectivity index (χ4v) is 3.14. The van der Waals surface area contributed by atoms with Crippen molar-refractivity contribution >= 4 is 35.0 Å². The van der Waals surface area contributed by atoms with Gasteiger partial charge in [-0.3, -0.25) is 9.59 Å². The summed E-state index contributed by atoms with van der Waals surface area (Å²) in [4.78, 5) is 24.9. The van der Waals surface area contributed by atoms with Gasteiger partial charge >= 0.3 is 0 Å². The third-order valence-corrected chi connectivity index (χ3v) is 5.03. The maximum Gasteiger partial charge on any atom is 0.234 e. The molecule has 0 aliphatic heterocycles. The molecule has 2 N–H and O–H groups in total. The van der Waals surface area contributed by atoms with Crippen molar-refractivity contribution in [2.24, 2.45) is 0 Å². The van der Waals surface area contributed by atoms with E-state index in [0.717, 1.165) is 34.7 Å². The lowest BCUT2D eigenvalue weighted by Crippen LogP contribution is -2.14. The highest BCUT2D eigenvalue weighted by Crippen LogP contribution is 2.22. The molecule has 0 aliphatic rings. The Morgan fingerprint density at radius 1 is 0.923 bits per heavy atom. The van der Waals surface area contributed by atoms with Gasteiger partial charge in [-0.2, -0.15) is 0 Å². The first-order valence-electron chi connectivity index (χ1n) is 8.87. The Hall–Kier alpha value is -2.27. The van der Waals surface area contributed by atoms with Crippen LogP contribution < -0.4 is 10.6 Å². The molecule has 4 nitrogen and oxygen atoms in total. The maximum absolute atomic E-state index is 12.2. The van der Waals surface area contributed by atoms with Crippen LogP contribution in [0.5, 0.6) is 0 Å². The van der Waals surface area contributed by atoms with E-state index >= 15 is 0 Å². The van der Waals surface area contributed by atoms with Crippen LogP contribution in [0.25, 0.3) is 0 Å². The van der Waals surface area contributed by atoms with Gasteiger partial charge in [-0.1, -0.05) is 25.5 Å². The Labute approximate surface area is 159 Å². The predicted molar refractivity (Wildman–Crippen MR) is 110 cm³/mol. The molecule has 0 radical (unpaired) electrons. The van der Waals surface area contributed by atoms with Gasteiger partial charge in [0.15, 0.2) is 0 Å². The molecule has 0 aliphatic carbocycles. The monoisotopic (exact) mass is 370 g/mol. The molecule has 2 aromatic carbocycles. The highest BCUT2D eigenvalue weighted by atomic mass is 32.2. The van der Waals surface area contributed by atoms with E-state index in [0.29, 0.717) is 12.2 Å². The zero-order chi connectivity index (χ0) is 18.9. The SMILES string of the molecule is CCCCC(=O)Nc1cccc(SCC(=O)Nc2ccc(C)c(C)c2)c1. The fourth-order valence-electron chi connectivity index (χ4n) is 2.39. The van der Waals surface area contributed by atoms with Crippen LogP contribution in [0.3, 0.4) is 0 Å². The van der Waals surface area contributed by atoms with E-state index in [-0.39, 0.29) is 11.8 Å². The molecule has 2 amide bonds. The van der Waals surface area contributed by atoms with Crippen LogP contribution >= 0.6 is 11.8 Å². The summed E-state index contributed by atoms with van der Waals surface area (Å²) in [5, 5.41) is 5.82. The van der Waals surface area contributed by atoms with Gasteiger partial charge < -0.3 is 10.6 Å². The van der Waals surface area contributed by atoms with Crippen molar-refractivity contribution in [2.75, 3.05) is 16.4 Å². The third kappa shape index (κ3) is 6.56. The third-order valence-electron chi connectivity index (χ3n) is 4.04. The molecule has 2 rings (SSSR count). The van der Waals surface area contributed by atoms with E-state index in [1.807, 2.05) is 56.3 Å². The van der Waals surface area contributed by atoms with E-state index in [1.54, 1.807) is 0 Å². The van der Waals surface area contributed by atoms with Crippen molar-refractivity contribution < 1.29 is 9.59 Å². The molecule has 5 heteroatoms. The average Bonchev–Trinajstić information content (AvgIpc) is 2.62. The molecule has 0 bridgehead atoms. The van der Waals surface area contributed by atoms with E-state index in [2.05, 4.69) is 17.6 Å². The van der Waals surface area contributed by atoms with E-state index in [1.165, 1.54) is 17.3 Å². The molecule has 0 atom stereocenters. The van der Waals surface area contributed by atoms with Gasteiger partial charge in [0.25, 0.3) is 0 Å². The Kier molecular flexibility index (Phi) is 7.73. The van der Waals surface area contributed by atoms with Gasteiger partial charge in [0.1, 0.15) is 0 Å². The number of amides is 2. The predicted octanol–water partition coefficient (Wildman–Crippen LogP) is 5.16. The first kappa shape index (κ1) is 20.0. The zero-order valence-corrected chi connectivity index (χ0v) is 16.4. The largest absolute Gasteiger partial charge is 0.326 e. The lowest BCUT2D eigenvalue weighted by atomic mass is 10.1. The number of nitrogens with one attached hydrogen (secondary N) is 2.